The van der Waals surface area contributed by atoms with Crippen molar-refractivity contribution in [1.29, 1.82) is 5.26 Å². The number of nitriles is 1. The Kier molecular flexibility index (Phi) is 6.23. The summed E-state index contributed by atoms with van der Waals surface area (Å²) in [6, 6.07) is 9.42. The van der Waals surface area contributed by atoms with Crippen molar-refractivity contribution in [3.8, 4) is 11.8 Å². The maximum atomic E-state index is 12.5. The van der Waals surface area contributed by atoms with Gasteiger partial charge < -0.3 is 10.1 Å². The number of amides is 1. The van der Waals surface area contributed by atoms with Gasteiger partial charge in [-0.1, -0.05) is 27.2 Å². The van der Waals surface area contributed by atoms with Crippen LogP contribution in [-0.4, -0.2) is 12.5 Å². The lowest BCUT2D eigenvalue weighted by atomic mass is 9.74. The molecule has 0 unspecified atom stereocenters. The van der Waals surface area contributed by atoms with E-state index in [-0.39, 0.29) is 11.8 Å². The summed E-state index contributed by atoms with van der Waals surface area (Å²) in [6.45, 7) is 8.34. The van der Waals surface area contributed by atoms with Crippen LogP contribution in [0.1, 0.15) is 40.5 Å². The van der Waals surface area contributed by atoms with Gasteiger partial charge >= 0.3 is 0 Å². The standard InChI is InChI=1S/C17H24N2O2/c1-5-11-17(12-18,13(3)4)16(20)19-14-7-9-15(10-8-14)21-6-2/h7-10,13H,5-6,11H2,1-4H3,(H,19,20)/t17-/m1/s1. The van der Waals surface area contributed by atoms with E-state index in [0.717, 1.165) is 12.2 Å². The number of hydrogen-bond acceptors (Lipinski definition) is 3. The molecule has 4 heteroatoms. The average Bonchev–Trinajstić information content (AvgIpc) is 2.46. The maximum Gasteiger partial charge on any atom is 0.245 e. The number of rotatable bonds is 7. The van der Waals surface area contributed by atoms with Gasteiger partial charge in [-0.15, -0.1) is 0 Å². The van der Waals surface area contributed by atoms with Crippen molar-refractivity contribution in [2.24, 2.45) is 11.3 Å². The van der Waals surface area contributed by atoms with Crippen molar-refractivity contribution >= 4 is 11.6 Å². The van der Waals surface area contributed by atoms with Crippen LogP contribution in [0.4, 0.5) is 5.69 Å². The zero-order valence-corrected chi connectivity index (χ0v) is 13.3. The van der Waals surface area contributed by atoms with Crippen LogP contribution in [0.5, 0.6) is 5.75 Å². The fraction of sp³-hybridized carbons (Fsp3) is 0.529. The number of ether oxygens (including phenoxy) is 1. The minimum absolute atomic E-state index is 0.0369. The normalized spacial score (nSPS) is 13.3. The molecule has 0 aliphatic carbocycles. The van der Waals surface area contributed by atoms with Gasteiger partial charge in [-0.25, -0.2) is 0 Å². The molecular formula is C17H24N2O2. The third kappa shape index (κ3) is 3.98. The first kappa shape index (κ1) is 17.0. The number of carbonyl (C=O) groups is 1. The third-order valence-electron chi connectivity index (χ3n) is 3.66. The number of anilines is 1. The summed E-state index contributed by atoms with van der Waals surface area (Å²) in [5, 5.41) is 12.4. The zero-order valence-electron chi connectivity index (χ0n) is 13.3. The van der Waals surface area contributed by atoms with E-state index in [1.807, 2.05) is 39.8 Å². The molecule has 1 amide bonds. The Morgan fingerprint density at radius 1 is 1.33 bits per heavy atom. The molecule has 0 fully saturated rings. The van der Waals surface area contributed by atoms with Crippen LogP contribution in [0.3, 0.4) is 0 Å². The van der Waals surface area contributed by atoms with E-state index >= 15 is 0 Å². The van der Waals surface area contributed by atoms with Gasteiger partial charge in [0.15, 0.2) is 0 Å². The molecule has 4 nitrogen and oxygen atoms in total. The first-order valence-corrected chi connectivity index (χ1v) is 7.45. The third-order valence-corrected chi connectivity index (χ3v) is 3.66. The second-order valence-electron chi connectivity index (χ2n) is 5.40. The monoisotopic (exact) mass is 288 g/mol. The van der Waals surface area contributed by atoms with Crippen molar-refractivity contribution in [3.05, 3.63) is 24.3 Å². The smallest absolute Gasteiger partial charge is 0.245 e. The van der Waals surface area contributed by atoms with Crippen LogP contribution >= 0.6 is 0 Å². The molecule has 0 aliphatic heterocycles. The summed E-state index contributed by atoms with van der Waals surface area (Å²) in [5.74, 6) is 0.496. The number of hydrogen-bond donors (Lipinski definition) is 1. The molecule has 1 atom stereocenters. The molecular weight excluding hydrogens is 264 g/mol. The number of benzene rings is 1. The molecule has 1 aromatic rings. The van der Waals surface area contributed by atoms with E-state index in [9.17, 15) is 10.1 Å². The van der Waals surface area contributed by atoms with E-state index in [1.54, 1.807) is 12.1 Å². The van der Waals surface area contributed by atoms with Gasteiger partial charge in [0.25, 0.3) is 0 Å². The SMILES string of the molecule is CCC[C@](C#N)(C(=O)Nc1ccc(OCC)cc1)C(C)C. The molecule has 0 radical (unpaired) electrons. The van der Waals surface area contributed by atoms with Gasteiger partial charge in [-0.05, 0) is 43.5 Å². The Morgan fingerprint density at radius 3 is 2.38 bits per heavy atom. The second-order valence-corrected chi connectivity index (χ2v) is 5.40. The van der Waals surface area contributed by atoms with E-state index in [2.05, 4.69) is 11.4 Å². The molecule has 1 rings (SSSR count). The highest BCUT2D eigenvalue weighted by Crippen LogP contribution is 2.34. The lowest BCUT2D eigenvalue weighted by molar-refractivity contribution is -0.125. The van der Waals surface area contributed by atoms with E-state index in [1.165, 1.54) is 0 Å². The predicted molar refractivity (Wildman–Crippen MR) is 84.0 cm³/mol. The summed E-state index contributed by atoms with van der Waals surface area (Å²) in [5.41, 5.74) is -0.298. The highest BCUT2D eigenvalue weighted by Gasteiger charge is 2.41. The maximum absolute atomic E-state index is 12.5. The van der Waals surface area contributed by atoms with E-state index in [0.29, 0.717) is 18.7 Å². The highest BCUT2D eigenvalue weighted by atomic mass is 16.5. The van der Waals surface area contributed by atoms with Crippen LogP contribution in [0.15, 0.2) is 24.3 Å². The summed E-state index contributed by atoms with van der Waals surface area (Å²) in [7, 11) is 0. The molecule has 21 heavy (non-hydrogen) atoms. The quantitative estimate of drug-likeness (QED) is 0.825. The van der Waals surface area contributed by atoms with Crippen molar-refractivity contribution in [1.82, 2.24) is 0 Å². The van der Waals surface area contributed by atoms with E-state index < -0.39 is 5.41 Å². The Morgan fingerprint density at radius 2 is 1.95 bits per heavy atom. The van der Waals surface area contributed by atoms with Gasteiger partial charge in [-0.3, -0.25) is 4.79 Å². The summed E-state index contributed by atoms with van der Waals surface area (Å²) in [4.78, 5) is 12.5. The minimum atomic E-state index is -0.979. The molecule has 0 bridgehead atoms. The predicted octanol–water partition coefficient (Wildman–Crippen LogP) is 3.99. The Bertz CT molecular complexity index is 503. The number of nitrogens with zero attached hydrogens (tertiary/aromatic N) is 1. The highest BCUT2D eigenvalue weighted by molar-refractivity contribution is 5.97. The van der Waals surface area contributed by atoms with Gasteiger partial charge in [-0.2, -0.15) is 5.26 Å². The lowest BCUT2D eigenvalue weighted by Gasteiger charge is -2.29. The van der Waals surface area contributed by atoms with E-state index in [4.69, 9.17) is 4.74 Å². The topological polar surface area (TPSA) is 62.1 Å². The molecule has 0 spiro atoms. The van der Waals surface area contributed by atoms with Crippen LogP contribution in [-0.2, 0) is 4.79 Å². The van der Waals surface area contributed by atoms with Crippen molar-refractivity contribution in [2.45, 2.75) is 40.5 Å². The van der Waals surface area contributed by atoms with Crippen molar-refractivity contribution in [2.75, 3.05) is 11.9 Å². The summed E-state index contributed by atoms with van der Waals surface area (Å²) >= 11 is 0. The second kappa shape index (κ2) is 7.68. The Labute approximate surface area is 127 Å². The van der Waals surface area contributed by atoms with Gasteiger partial charge in [0.05, 0.1) is 12.7 Å². The first-order valence-electron chi connectivity index (χ1n) is 7.45. The van der Waals surface area contributed by atoms with Gasteiger partial charge in [0.2, 0.25) is 5.91 Å². The van der Waals surface area contributed by atoms with Crippen LogP contribution in [0.2, 0.25) is 0 Å². The molecule has 114 valence electrons. The van der Waals surface area contributed by atoms with Gasteiger partial charge in [0, 0.05) is 5.69 Å². The summed E-state index contributed by atoms with van der Waals surface area (Å²) < 4.78 is 5.37. The number of nitrogens with one attached hydrogen (secondary N) is 1. The fourth-order valence-corrected chi connectivity index (χ4v) is 2.34. The van der Waals surface area contributed by atoms with Crippen LogP contribution in [0, 0.1) is 22.7 Å². The molecule has 0 aromatic heterocycles. The molecule has 1 N–H and O–H groups in total. The fourth-order valence-electron chi connectivity index (χ4n) is 2.34. The van der Waals surface area contributed by atoms with Crippen molar-refractivity contribution in [3.63, 3.8) is 0 Å². The lowest BCUT2D eigenvalue weighted by Crippen LogP contribution is -2.39. The largest absolute Gasteiger partial charge is 0.494 e. The molecule has 1 aromatic carbocycles. The molecule has 0 heterocycles. The number of carbonyl (C=O) groups excluding carboxylic acids is 1. The van der Waals surface area contributed by atoms with Crippen LogP contribution < -0.4 is 10.1 Å². The minimum Gasteiger partial charge on any atom is -0.494 e. The Hall–Kier alpha value is -2.02. The zero-order chi connectivity index (χ0) is 15.9. The molecule has 0 aliphatic rings. The molecule has 0 saturated carbocycles. The molecule has 0 saturated heterocycles. The van der Waals surface area contributed by atoms with Gasteiger partial charge in [0.1, 0.15) is 11.2 Å². The average molecular weight is 288 g/mol. The van der Waals surface area contributed by atoms with Crippen molar-refractivity contribution < 1.29 is 9.53 Å². The van der Waals surface area contributed by atoms with Crippen LogP contribution in [0.25, 0.3) is 0 Å². The first-order chi connectivity index (χ1) is 10.00. The Balaban J connectivity index is 2.89. The summed E-state index contributed by atoms with van der Waals surface area (Å²) in [6.07, 6.45) is 1.35.